The number of carbonyl (C=O) groups excluding carboxylic acids is 1. The second kappa shape index (κ2) is 9.47. The summed E-state index contributed by atoms with van der Waals surface area (Å²) in [5.74, 6) is -0.634. The lowest BCUT2D eigenvalue weighted by molar-refractivity contribution is -0.137. The minimum Gasteiger partial charge on any atom is -0.285 e. The third-order valence-electron chi connectivity index (χ3n) is 4.55. The van der Waals surface area contributed by atoms with E-state index in [0.29, 0.717) is 22.0 Å². The fourth-order valence-electron chi connectivity index (χ4n) is 2.97. The summed E-state index contributed by atoms with van der Waals surface area (Å²) in [6.45, 7) is 5.55. The predicted molar refractivity (Wildman–Crippen MR) is 114 cm³/mol. The van der Waals surface area contributed by atoms with Crippen LogP contribution < -0.4 is 0 Å². The van der Waals surface area contributed by atoms with Crippen LogP contribution in [0.4, 0.5) is 17.6 Å². The van der Waals surface area contributed by atoms with Gasteiger partial charge in [0.15, 0.2) is 5.17 Å². The molecule has 1 saturated heterocycles. The van der Waals surface area contributed by atoms with E-state index in [1.807, 2.05) is 0 Å². The molecule has 9 heteroatoms. The van der Waals surface area contributed by atoms with Crippen molar-refractivity contribution in [2.24, 2.45) is 10.2 Å². The van der Waals surface area contributed by atoms with Crippen molar-refractivity contribution in [1.82, 2.24) is 4.90 Å². The van der Waals surface area contributed by atoms with E-state index in [0.717, 1.165) is 23.9 Å². The number of hydrogen-bond donors (Lipinski definition) is 0. The number of amidine groups is 1. The van der Waals surface area contributed by atoms with E-state index in [1.54, 1.807) is 25.1 Å². The lowest BCUT2D eigenvalue weighted by atomic mass is 10.1. The fraction of sp³-hybridized carbons (Fsp3) is 0.227. The van der Waals surface area contributed by atoms with Crippen LogP contribution in [0, 0.1) is 5.82 Å². The van der Waals surface area contributed by atoms with Crippen molar-refractivity contribution in [1.29, 1.82) is 0 Å². The second-order valence-electron chi connectivity index (χ2n) is 6.82. The van der Waals surface area contributed by atoms with E-state index in [9.17, 15) is 22.4 Å². The van der Waals surface area contributed by atoms with Crippen LogP contribution in [0.2, 0.25) is 0 Å². The molecule has 1 unspecified atom stereocenters. The van der Waals surface area contributed by atoms with Gasteiger partial charge in [0.2, 0.25) is 5.91 Å². The number of nitrogens with zero attached hydrogens (tertiary/aromatic N) is 3. The number of rotatable bonds is 6. The highest BCUT2D eigenvalue weighted by molar-refractivity contribution is 8.15. The van der Waals surface area contributed by atoms with Crippen LogP contribution in [0.5, 0.6) is 0 Å². The lowest BCUT2D eigenvalue weighted by Gasteiger charge is -2.13. The molecule has 0 spiro atoms. The number of halogens is 4. The van der Waals surface area contributed by atoms with Gasteiger partial charge in [0, 0.05) is 6.54 Å². The van der Waals surface area contributed by atoms with E-state index < -0.39 is 17.0 Å². The van der Waals surface area contributed by atoms with E-state index in [1.165, 1.54) is 29.2 Å². The molecule has 1 amide bonds. The Balaban J connectivity index is 1.82. The zero-order chi connectivity index (χ0) is 22.6. The topological polar surface area (TPSA) is 45.0 Å². The summed E-state index contributed by atoms with van der Waals surface area (Å²) < 4.78 is 52.0. The smallest absolute Gasteiger partial charge is 0.285 e. The molecule has 2 aromatic carbocycles. The minimum atomic E-state index is -4.45. The summed E-state index contributed by atoms with van der Waals surface area (Å²) in [6, 6.07) is 10.7. The van der Waals surface area contributed by atoms with Gasteiger partial charge < -0.3 is 0 Å². The summed E-state index contributed by atoms with van der Waals surface area (Å²) in [5, 5.41) is 8.03. The average Bonchev–Trinajstić information content (AvgIpc) is 3.01. The summed E-state index contributed by atoms with van der Waals surface area (Å²) in [7, 11) is 0. The third kappa shape index (κ3) is 5.61. The quantitative estimate of drug-likeness (QED) is 0.260. The van der Waals surface area contributed by atoms with E-state index >= 15 is 0 Å². The monoisotopic (exact) mass is 449 g/mol. The van der Waals surface area contributed by atoms with E-state index in [4.69, 9.17) is 0 Å². The van der Waals surface area contributed by atoms with Crippen LogP contribution in [-0.4, -0.2) is 33.5 Å². The van der Waals surface area contributed by atoms with Gasteiger partial charge in [-0.3, -0.25) is 9.69 Å². The molecule has 1 aliphatic heterocycles. The zero-order valence-electron chi connectivity index (χ0n) is 16.6. The van der Waals surface area contributed by atoms with Gasteiger partial charge in [-0.25, -0.2) is 4.39 Å². The number of amides is 1. The molecular formula is C22H19F4N3OS. The Labute approximate surface area is 181 Å². The molecule has 1 aliphatic rings. The lowest BCUT2D eigenvalue weighted by Crippen LogP contribution is -2.32. The zero-order valence-corrected chi connectivity index (χ0v) is 17.4. The molecule has 4 nitrogen and oxygen atoms in total. The van der Waals surface area contributed by atoms with Gasteiger partial charge in [0.1, 0.15) is 5.82 Å². The second-order valence-corrected chi connectivity index (χ2v) is 7.99. The van der Waals surface area contributed by atoms with Crippen LogP contribution in [-0.2, 0) is 17.4 Å². The predicted octanol–water partition coefficient (Wildman–Crippen LogP) is 5.30. The molecule has 1 heterocycles. The van der Waals surface area contributed by atoms with Crippen molar-refractivity contribution >= 4 is 28.5 Å². The molecule has 0 radical (unpaired) electrons. The minimum absolute atomic E-state index is 0.126. The van der Waals surface area contributed by atoms with Crippen molar-refractivity contribution in [2.45, 2.75) is 24.8 Å². The Bertz CT molecular complexity index is 1030. The van der Waals surface area contributed by atoms with Crippen LogP contribution in [0.1, 0.15) is 23.6 Å². The standard InChI is InChI=1S/C22H19F4N3OS/c1-3-11-29-20(30)19(13-15-5-4-6-17(12-15)22(24,25)26)31-21(29)28-27-14(2)16-7-9-18(23)10-8-16/h3-10,12,19H,1,11,13H2,2H3/b27-14+,28-21+. The summed E-state index contributed by atoms with van der Waals surface area (Å²) in [5.41, 5.74) is 0.861. The number of carbonyl (C=O) groups is 1. The Morgan fingerprint density at radius 2 is 1.94 bits per heavy atom. The van der Waals surface area contributed by atoms with E-state index in [-0.39, 0.29) is 24.7 Å². The molecule has 0 aromatic heterocycles. The molecule has 162 valence electrons. The highest BCUT2D eigenvalue weighted by Gasteiger charge is 2.38. The van der Waals surface area contributed by atoms with Crippen LogP contribution in [0.25, 0.3) is 0 Å². The Hall–Kier alpha value is -2.94. The van der Waals surface area contributed by atoms with Gasteiger partial charge in [-0.05, 0) is 42.7 Å². The summed E-state index contributed by atoms with van der Waals surface area (Å²) in [6.07, 6.45) is -2.78. The highest BCUT2D eigenvalue weighted by atomic mass is 32.2. The van der Waals surface area contributed by atoms with Crippen molar-refractivity contribution in [3.63, 3.8) is 0 Å². The first-order valence-electron chi connectivity index (χ1n) is 9.32. The van der Waals surface area contributed by atoms with Gasteiger partial charge in [0.25, 0.3) is 0 Å². The van der Waals surface area contributed by atoms with Gasteiger partial charge in [-0.15, -0.1) is 11.7 Å². The summed E-state index contributed by atoms with van der Waals surface area (Å²) >= 11 is 1.14. The number of hydrogen-bond acceptors (Lipinski definition) is 4. The first kappa shape index (κ1) is 22.7. The largest absolute Gasteiger partial charge is 0.416 e. The Morgan fingerprint density at radius 1 is 1.23 bits per heavy atom. The van der Waals surface area contributed by atoms with Crippen LogP contribution in [0.15, 0.2) is 71.4 Å². The average molecular weight is 449 g/mol. The van der Waals surface area contributed by atoms with Crippen molar-refractivity contribution in [3.8, 4) is 0 Å². The Morgan fingerprint density at radius 3 is 2.58 bits per heavy atom. The number of benzene rings is 2. The van der Waals surface area contributed by atoms with Crippen LogP contribution in [0.3, 0.4) is 0 Å². The van der Waals surface area contributed by atoms with Crippen molar-refractivity contribution in [3.05, 3.63) is 83.7 Å². The van der Waals surface area contributed by atoms with Crippen molar-refractivity contribution in [2.75, 3.05) is 6.54 Å². The van der Waals surface area contributed by atoms with Gasteiger partial charge in [-0.2, -0.15) is 18.3 Å². The maximum atomic E-state index is 13.1. The normalized spacial score (nSPS) is 18.7. The molecule has 3 rings (SSSR count). The molecule has 0 N–H and O–H groups in total. The molecule has 0 saturated carbocycles. The van der Waals surface area contributed by atoms with Gasteiger partial charge in [-0.1, -0.05) is 48.2 Å². The molecule has 31 heavy (non-hydrogen) atoms. The molecule has 2 aromatic rings. The molecular weight excluding hydrogens is 430 g/mol. The highest BCUT2D eigenvalue weighted by Crippen LogP contribution is 2.33. The first-order chi connectivity index (χ1) is 14.7. The fourth-order valence-corrected chi connectivity index (χ4v) is 4.11. The Kier molecular flexibility index (Phi) is 6.94. The van der Waals surface area contributed by atoms with E-state index in [2.05, 4.69) is 16.8 Å². The van der Waals surface area contributed by atoms with Gasteiger partial charge in [0.05, 0.1) is 16.5 Å². The van der Waals surface area contributed by atoms with Gasteiger partial charge >= 0.3 is 6.18 Å². The molecule has 1 fully saturated rings. The number of alkyl halides is 3. The van der Waals surface area contributed by atoms with Crippen LogP contribution >= 0.6 is 11.8 Å². The SMILES string of the molecule is C=CCN1C(=O)C(Cc2cccc(C(F)(F)F)c2)S/C1=N/N=C(\C)c1ccc(F)cc1. The molecule has 1 atom stereocenters. The third-order valence-corrected chi connectivity index (χ3v) is 5.72. The maximum Gasteiger partial charge on any atom is 0.416 e. The summed E-state index contributed by atoms with van der Waals surface area (Å²) in [4.78, 5) is 14.2. The molecule has 0 aliphatic carbocycles. The maximum absolute atomic E-state index is 13.1. The van der Waals surface area contributed by atoms with Crippen molar-refractivity contribution < 1.29 is 22.4 Å². The first-order valence-corrected chi connectivity index (χ1v) is 10.2. The molecule has 0 bridgehead atoms. The number of thioether (sulfide) groups is 1.